The molecule has 0 radical (unpaired) electrons. The molecule has 9 heteroatoms. The second-order valence-corrected chi connectivity index (χ2v) is 7.31. The summed E-state index contributed by atoms with van der Waals surface area (Å²) >= 11 is 3.19. The van der Waals surface area contributed by atoms with Gasteiger partial charge >= 0.3 is 5.97 Å². The topological polar surface area (TPSA) is 89.9 Å². The normalized spacial score (nSPS) is 12.5. The molecule has 6 nitrogen and oxygen atoms in total. The molecular weight excluding hydrogens is 419 g/mol. The summed E-state index contributed by atoms with van der Waals surface area (Å²) in [5, 5.41) is -1.83. The molecule has 0 amide bonds. The van der Waals surface area contributed by atoms with Gasteiger partial charge in [-0.25, -0.2) is 9.18 Å². The number of hydrogen-bond donors (Lipinski definition) is 1. The lowest BCUT2D eigenvalue weighted by atomic mass is 9.98. The SMILES string of the molecule is COC(=O)c1c(C(c2ccccc2F)S(=O)(=O)O)ccc(Br)c1OC. The van der Waals surface area contributed by atoms with E-state index in [0.29, 0.717) is 4.47 Å². The monoisotopic (exact) mass is 432 g/mol. The molecule has 2 aromatic rings. The van der Waals surface area contributed by atoms with Crippen LogP contribution in [0.1, 0.15) is 26.7 Å². The molecule has 0 spiro atoms. The first-order valence-electron chi connectivity index (χ1n) is 6.87. The summed E-state index contributed by atoms with van der Waals surface area (Å²) in [5.41, 5.74) is -0.704. The molecule has 134 valence electrons. The van der Waals surface area contributed by atoms with Crippen LogP contribution in [0.3, 0.4) is 0 Å². The molecule has 2 aromatic carbocycles. The predicted octanol–water partition coefficient (Wildman–Crippen LogP) is 3.36. The van der Waals surface area contributed by atoms with Gasteiger partial charge in [-0.1, -0.05) is 24.3 Å². The van der Waals surface area contributed by atoms with E-state index in [1.165, 1.54) is 37.4 Å². The van der Waals surface area contributed by atoms with Gasteiger partial charge in [0, 0.05) is 5.56 Å². The van der Waals surface area contributed by atoms with Gasteiger partial charge in [-0.3, -0.25) is 4.55 Å². The van der Waals surface area contributed by atoms with Crippen molar-refractivity contribution in [1.29, 1.82) is 0 Å². The van der Waals surface area contributed by atoms with E-state index in [1.807, 2.05) is 0 Å². The minimum absolute atomic E-state index is 0.00865. The molecule has 1 N–H and O–H groups in total. The van der Waals surface area contributed by atoms with Gasteiger partial charge < -0.3 is 9.47 Å². The van der Waals surface area contributed by atoms with E-state index in [2.05, 4.69) is 15.9 Å². The summed E-state index contributed by atoms with van der Waals surface area (Å²) < 4.78 is 58.2. The molecule has 0 aliphatic carbocycles. The van der Waals surface area contributed by atoms with Crippen molar-refractivity contribution in [3.05, 3.63) is 63.4 Å². The van der Waals surface area contributed by atoms with Gasteiger partial charge in [0.1, 0.15) is 22.4 Å². The van der Waals surface area contributed by atoms with Crippen molar-refractivity contribution in [3.8, 4) is 5.75 Å². The lowest BCUT2D eigenvalue weighted by molar-refractivity contribution is 0.0595. The largest absolute Gasteiger partial charge is 0.495 e. The Bertz CT molecular complexity index is 913. The third-order valence-corrected chi connectivity index (χ3v) is 5.23. The number of carbonyl (C=O) groups excluding carboxylic acids is 1. The van der Waals surface area contributed by atoms with Crippen LogP contribution in [0.5, 0.6) is 5.75 Å². The Morgan fingerprint density at radius 1 is 1.16 bits per heavy atom. The Labute approximate surface area is 152 Å². The maximum atomic E-state index is 14.2. The first-order chi connectivity index (χ1) is 11.7. The van der Waals surface area contributed by atoms with Crippen LogP contribution in [0.4, 0.5) is 4.39 Å². The fraction of sp³-hybridized carbons (Fsp3) is 0.188. The molecule has 0 heterocycles. The second-order valence-electron chi connectivity index (χ2n) is 4.95. The maximum absolute atomic E-state index is 14.2. The number of benzene rings is 2. The summed E-state index contributed by atoms with van der Waals surface area (Å²) in [7, 11) is -2.43. The fourth-order valence-electron chi connectivity index (χ4n) is 2.48. The van der Waals surface area contributed by atoms with Gasteiger partial charge in [0.2, 0.25) is 0 Å². The third kappa shape index (κ3) is 3.83. The molecule has 0 saturated carbocycles. The van der Waals surface area contributed by atoms with Crippen LogP contribution in [0, 0.1) is 5.82 Å². The quantitative estimate of drug-likeness (QED) is 0.575. The van der Waals surface area contributed by atoms with E-state index in [4.69, 9.17) is 9.47 Å². The zero-order valence-electron chi connectivity index (χ0n) is 13.2. The van der Waals surface area contributed by atoms with Crippen molar-refractivity contribution in [2.45, 2.75) is 5.25 Å². The van der Waals surface area contributed by atoms with Gasteiger partial charge in [-0.05, 0) is 33.6 Å². The van der Waals surface area contributed by atoms with E-state index >= 15 is 0 Å². The molecule has 0 aliphatic rings. The van der Waals surface area contributed by atoms with Crippen LogP contribution in [-0.4, -0.2) is 33.2 Å². The smallest absolute Gasteiger partial charge is 0.342 e. The van der Waals surface area contributed by atoms with E-state index in [1.54, 1.807) is 0 Å². The molecule has 0 fully saturated rings. The Morgan fingerprint density at radius 2 is 1.80 bits per heavy atom. The summed E-state index contributed by atoms with van der Waals surface area (Å²) in [5.74, 6) is -1.73. The Hall–Kier alpha value is -1.97. The first-order valence-corrected chi connectivity index (χ1v) is 9.17. The minimum atomic E-state index is -4.81. The number of rotatable bonds is 5. The van der Waals surface area contributed by atoms with Crippen LogP contribution in [0.2, 0.25) is 0 Å². The molecule has 25 heavy (non-hydrogen) atoms. The van der Waals surface area contributed by atoms with Gasteiger partial charge in [-0.15, -0.1) is 0 Å². The molecule has 0 aliphatic heterocycles. The van der Waals surface area contributed by atoms with Crippen LogP contribution in [0.15, 0.2) is 40.9 Å². The summed E-state index contributed by atoms with van der Waals surface area (Å²) in [4.78, 5) is 12.2. The van der Waals surface area contributed by atoms with Gasteiger partial charge in [0.25, 0.3) is 10.1 Å². The fourth-order valence-corrected chi connectivity index (χ4v) is 4.00. The highest BCUT2D eigenvalue weighted by Crippen LogP contribution is 2.40. The van der Waals surface area contributed by atoms with Crippen molar-refractivity contribution >= 4 is 32.0 Å². The lowest BCUT2D eigenvalue weighted by Gasteiger charge is -2.20. The molecule has 0 saturated heterocycles. The van der Waals surface area contributed by atoms with Crippen LogP contribution in [-0.2, 0) is 14.9 Å². The highest BCUT2D eigenvalue weighted by Gasteiger charge is 2.35. The van der Waals surface area contributed by atoms with Crippen LogP contribution >= 0.6 is 15.9 Å². The van der Waals surface area contributed by atoms with Crippen molar-refractivity contribution in [3.63, 3.8) is 0 Å². The third-order valence-electron chi connectivity index (χ3n) is 3.50. The van der Waals surface area contributed by atoms with Gasteiger partial charge in [-0.2, -0.15) is 8.42 Å². The Balaban J connectivity index is 2.88. The van der Waals surface area contributed by atoms with E-state index in [0.717, 1.165) is 13.2 Å². The Kier molecular flexibility index (Phi) is 5.81. The molecule has 2 rings (SSSR count). The highest BCUT2D eigenvalue weighted by molar-refractivity contribution is 9.10. The molecule has 0 bridgehead atoms. The zero-order valence-corrected chi connectivity index (χ0v) is 15.6. The van der Waals surface area contributed by atoms with Crippen molar-refractivity contribution in [1.82, 2.24) is 0 Å². The molecular formula is C16H14BrFO6S. The lowest BCUT2D eigenvalue weighted by Crippen LogP contribution is -2.19. The Morgan fingerprint density at radius 3 is 2.32 bits per heavy atom. The summed E-state index contributed by atoms with van der Waals surface area (Å²) in [6, 6.07) is 7.78. The number of esters is 1. The van der Waals surface area contributed by atoms with Crippen LogP contribution < -0.4 is 4.74 Å². The molecule has 1 atom stereocenters. The molecule has 1 unspecified atom stereocenters. The van der Waals surface area contributed by atoms with Crippen molar-refractivity contribution in [2.75, 3.05) is 14.2 Å². The summed E-state index contributed by atoms with van der Waals surface area (Å²) in [6.07, 6.45) is 0. The van der Waals surface area contributed by atoms with Gasteiger partial charge in [0.05, 0.1) is 18.7 Å². The van der Waals surface area contributed by atoms with Crippen LogP contribution in [0.25, 0.3) is 0 Å². The number of carbonyl (C=O) groups is 1. The second kappa shape index (κ2) is 7.51. The first kappa shape index (κ1) is 19.4. The predicted molar refractivity (Wildman–Crippen MR) is 91.8 cm³/mol. The average Bonchev–Trinajstić information content (AvgIpc) is 2.55. The van der Waals surface area contributed by atoms with Crippen molar-refractivity contribution in [2.24, 2.45) is 0 Å². The van der Waals surface area contributed by atoms with Gasteiger partial charge in [0.15, 0.2) is 0 Å². The van der Waals surface area contributed by atoms with Crippen molar-refractivity contribution < 1.29 is 31.6 Å². The number of methoxy groups -OCH3 is 2. The maximum Gasteiger partial charge on any atom is 0.342 e. The highest BCUT2D eigenvalue weighted by atomic mass is 79.9. The number of halogens is 2. The van der Waals surface area contributed by atoms with E-state index in [9.17, 15) is 22.2 Å². The van der Waals surface area contributed by atoms with E-state index in [-0.39, 0.29) is 22.4 Å². The number of hydrogen-bond acceptors (Lipinski definition) is 5. The molecule has 0 aromatic heterocycles. The zero-order chi connectivity index (χ0) is 18.8. The minimum Gasteiger partial charge on any atom is -0.495 e. The standard InChI is InChI=1S/C16H14BrFO6S/c1-23-14-11(17)8-7-10(13(14)16(19)24-2)15(25(20,21)22)9-5-3-4-6-12(9)18/h3-8,15H,1-2H3,(H,20,21,22). The summed E-state index contributed by atoms with van der Waals surface area (Å²) in [6.45, 7) is 0. The average molecular weight is 433 g/mol. The van der Waals surface area contributed by atoms with E-state index < -0.39 is 27.2 Å². The number of ether oxygens (including phenoxy) is 2.